The van der Waals surface area contributed by atoms with Gasteiger partial charge in [0.25, 0.3) is 0 Å². The summed E-state index contributed by atoms with van der Waals surface area (Å²) in [6, 6.07) is 13.4. The molecule has 0 saturated carbocycles. The Balaban J connectivity index is 1.74. The fourth-order valence-electron chi connectivity index (χ4n) is 2.17. The van der Waals surface area contributed by atoms with Gasteiger partial charge in [-0.1, -0.05) is 53.5 Å². The molecule has 7 heteroatoms. The number of aryl methyl sites for hydroxylation is 1. The lowest BCUT2D eigenvalue weighted by Gasteiger charge is -2.11. The second kappa shape index (κ2) is 7.47. The maximum atomic E-state index is 6.15. The smallest absolute Gasteiger partial charge is 0.244 e. The van der Waals surface area contributed by atoms with Crippen molar-refractivity contribution in [2.75, 3.05) is 10.6 Å². The van der Waals surface area contributed by atoms with Crippen molar-refractivity contribution in [3.05, 3.63) is 69.8 Å². The van der Waals surface area contributed by atoms with Gasteiger partial charge in [-0.2, -0.15) is 10.1 Å². The van der Waals surface area contributed by atoms with E-state index in [0.29, 0.717) is 34.0 Å². The van der Waals surface area contributed by atoms with Crippen molar-refractivity contribution in [2.45, 2.75) is 13.5 Å². The van der Waals surface area contributed by atoms with E-state index in [1.165, 1.54) is 17.3 Å². The van der Waals surface area contributed by atoms with Gasteiger partial charge in [0.2, 0.25) is 5.95 Å². The Bertz CT molecular complexity index is 834. The van der Waals surface area contributed by atoms with Crippen molar-refractivity contribution in [3.8, 4) is 0 Å². The molecule has 2 aromatic carbocycles. The van der Waals surface area contributed by atoms with E-state index in [4.69, 9.17) is 23.2 Å². The number of anilines is 3. The Morgan fingerprint density at radius 3 is 2.50 bits per heavy atom. The molecule has 0 aliphatic rings. The van der Waals surface area contributed by atoms with Crippen molar-refractivity contribution < 1.29 is 0 Å². The highest BCUT2D eigenvalue weighted by atomic mass is 35.5. The SMILES string of the molecule is Cc1ccccc1CNc1nncc(Nc2c(Cl)cccc2Cl)n1. The van der Waals surface area contributed by atoms with Gasteiger partial charge in [-0.15, -0.1) is 5.10 Å². The van der Waals surface area contributed by atoms with Gasteiger partial charge in [0.15, 0.2) is 5.82 Å². The first-order valence-electron chi connectivity index (χ1n) is 7.32. The monoisotopic (exact) mass is 359 g/mol. The van der Waals surface area contributed by atoms with Crippen LogP contribution in [-0.4, -0.2) is 15.2 Å². The van der Waals surface area contributed by atoms with Crippen LogP contribution >= 0.6 is 23.2 Å². The summed E-state index contributed by atoms with van der Waals surface area (Å²) in [5.41, 5.74) is 2.97. The van der Waals surface area contributed by atoms with Crippen molar-refractivity contribution in [1.29, 1.82) is 0 Å². The minimum Gasteiger partial charge on any atom is -0.349 e. The van der Waals surface area contributed by atoms with Gasteiger partial charge in [0, 0.05) is 6.54 Å². The molecule has 0 saturated heterocycles. The third-order valence-corrected chi connectivity index (χ3v) is 4.10. The average molecular weight is 360 g/mol. The molecule has 5 nitrogen and oxygen atoms in total. The van der Waals surface area contributed by atoms with Crippen LogP contribution in [0, 0.1) is 6.92 Å². The molecule has 0 bridgehead atoms. The molecule has 1 aromatic heterocycles. The maximum Gasteiger partial charge on any atom is 0.244 e. The van der Waals surface area contributed by atoms with Crippen LogP contribution in [0.4, 0.5) is 17.5 Å². The van der Waals surface area contributed by atoms with Crippen molar-refractivity contribution >= 4 is 40.7 Å². The zero-order chi connectivity index (χ0) is 16.9. The largest absolute Gasteiger partial charge is 0.349 e. The van der Waals surface area contributed by atoms with Crippen molar-refractivity contribution in [3.63, 3.8) is 0 Å². The van der Waals surface area contributed by atoms with E-state index >= 15 is 0 Å². The van der Waals surface area contributed by atoms with Crippen molar-refractivity contribution in [1.82, 2.24) is 15.2 Å². The minimum absolute atomic E-state index is 0.423. The molecule has 24 heavy (non-hydrogen) atoms. The third-order valence-electron chi connectivity index (χ3n) is 3.47. The fourth-order valence-corrected chi connectivity index (χ4v) is 2.66. The van der Waals surface area contributed by atoms with Crippen LogP contribution < -0.4 is 10.6 Å². The molecule has 0 atom stereocenters. The van der Waals surface area contributed by atoms with E-state index in [2.05, 4.69) is 44.9 Å². The number of hydrogen-bond donors (Lipinski definition) is 2. The number of rotatable bonds is 5. The number of aromatic nitrogens is 3. The van der Waals surface area contributed by atoms with Crippen LogP contribution in [0.25, 0.3) is 0 Å². The van der Waals surface area contributed by atoms with Gasteiger partial charge < -0.3 is 10.6 Å². The first kappa shape index (κ1) is 16.5. The molecule has 1 heterocycles. The molecular weight excluding hydrogens is 345 g/mol. The number of benzene rings is 2. The van der Waals surface area contributed by atoms with Crippen LogP contribution in [0.1, 0.15) is 11.1 Å². The van der Waals surface area contributed by atoms with Gasteiger partial charge in [-0.25, -0.2) is 0 Å². The number of nitrogens with one attached hydrogen (secondary N) is 2. The Morgan fingerprint density at radius 2 is 1.75 bits per heavy atom. The number of halogens is 2. The Kier molecular flexibility index (Phi) is 5.13. The van der Waals surface area contributed by atoms with Gasteiger partial charge >= 0.3 is 0 Å². The molecule has 3 aromatic rings. The van der Waals surface area contributed by atoms with Gasteiger partial charge in [0.1, 0.15) is 0 Å². The highest BCUT2D eigenvalue weighted by molar-refractivity contribution is 6.39. The molecule has 0 aliphatic carbocycles. The summed E-state index contributed by atoms with van der Waals surface area (Å²) in [6.45, 7) is 2.68. The summed E-state index contributed by atoms with van der Waals surface area (Å²) in [6.07, 6.45) is 1.51. The van der Waals surface area contributed by atoms with E-state index in [-0.39, 0.29) is 0 Å². The zero-order valence-electron chi connectivity index (χ0n) is 12.9. The average Bonchev–Trinajstić information content (AvgIpc) is 2.58. The fraction of sp³-hybridized carbons (Fsp3) is 0.118. The van der Waals surface area contributed by atoms with Gasteiger partial charge in [-0.05, 0) is 30.2 Å². The molecule has 0 spiro atoms. The normalized spacial score (nSPS) is 10.5. The van der Waals surface area contributed by atoms with E-state index < -0.39 is 0 Å². The lowest BCUT2D eigenvalue weighted by Crippen LogP contribution is -2.07. The number of nitrogens with zero attached hydrogens (tertiary/aromatic N) is 3. The molecule has 2 N–H and O–H groups in total. The summed E-state index contributed by atoms with van der Waals surface area (Å²) < 4.78 is 0. The molecule has 122 valence electrons. The maximum absolute atomic E-state index is 6.15. The third kappa shape index (κ3) is 3.93. The standard InChI is InChI=1S/C17H15Cl2N5/c1-11-5-2-3-6-12(11)9-20-17-23-15(10-21-24-17)22-16-13(18)7-4-8-14(16)19/h2-8,10H,9H2,1H3,(H2,20,22,23,24). The van der Waals surface area contributed by atoms with Crippen molar-refractivity contribution in [2.24, 2.45) is 0 Å². The van der Waals surface area contributed by atoms with Crippen LogP contribution in [0.3, 0.4) is 0 Å². The first-order valence-corrected chi connectivity index (χ1v) is 8.08. The molecule has 3 rings (SSSR count). The van der Waals surface area contributed by atoms with E-state index in [1.54, 1.807) is 18.2 Å². The summed E-state index contributed by atoms with van der Waals surface area (Å²) in [7, 11) is 0. The Morgan fingerprint density at radius 1 is 1.00 bits per heavy atom. The quantitative estimate of drug-likeness (QED) is 0.682. The van der Waals surface area contributed by atoms with E-state index in [1.807, 2.05) is 12.1 Å². The molecule has 0 radical (unpaired) electrons. The van der Waals surface area contributed by atoms with E-state index in [9.17, 15) is 0 Å². The summed E-state index contributed by atoms with van der Waals surface area (Å²) in [4.78, 5) is 4.38. The molecular formula is C17H15Cl2N5. The predicted molar refractivity (Wildman–Crippen MR) is 98.1 cm³/mol. The number of para-hydroxylation sites is 1. The molecule has 0 amide bonds. The summed E-state index contributed by atoms with van der Waals surface area (Å²) in [5.74, 6) is 0.929. The topological polar surface area (TPSA) is 62.7 Å². The highest BCUT2D eigenvalue weighted by Crippen LogP contribution is 2.31. The minimum atomic E-state index is 0.423. The van der Waals surface area contributed by atoms with Crippen LogP contribution in [0.2, 0.25) is 10.0 Å². The lowest BCUT2D eigenvalue weighted by molar-refractivity contribution is 0.946. The second-order valence-corrected chi connectivity index (χ2v) is 5.98. The van der Waals surface area contributed by atoms with Gasteiger partial charge in [-0.3, -0.25) is 0 Å². The molecule has 0 unspecified atom stereocenters. The summed E-state index contributed by atoms with van der Waals surface area (Å²) >= 11 is 12.3. The van der Waals surface area contributed by atoms with Crippen LogP contribution in [0.15, 0.2) is 48.7 Å². The number of hydrogen-bond acceptors (Lipinski definition) is 5. The molecule has 0 fully saturated rings. The van der Waals surface area contributed by atoms with Gasteiger partial charge in [0.05, 0.1) is 21.9 Å². The molecule has 0 aliphatic heterocycles. The second-order valence-electron chi connectivity index (χ2n) is 5.17. The van der Waals surface area contributed by atoms with E-state index in [0.717, 1.165) is 0 Å². The first-order chi connectivity index (χ1) is 11.6. The van der Waals surface area contributed by atoms with Crippen LogP contribution in [-0.2, 0) is 6.54 Å². The Hall–Kier alpha value is -2.37. The van der Waals surface area contributed by atoms with Crippen LogP contribution in [0.5, 0.6) is 0 Å². The summed E-state index contributed by atoms with van der Waals surface area (Å²) in [5, 5.41) is 15.2. The zero-order valence-corrected chi connectivity index (χ0v) is 14.4. The highest BCUT2D eigenvalue weighted by Gasteiger charge is 2.08. The Labute approximate surface area is 150 Å². The lowest BCUT2D eigenvalue weighted by atomic mass is 10.1. The predicted octanol–water partition coefficient (Wildman–Crippen LogP) is 4.84.